The maximum Gasteiger partial charge on any atom is 0.211 e. The fourth-order valence-corrected chi connectivity index (χ4v) is 3.10. The fourth-order valence-electron chi connectivity index (χ4n) is 2.13. The molecule has 0 atom stereocenters. The lowest BCUT2D eigenvalue weighted by atomic mass is 10.2. The summed E-state index contributed by atoms with van der Waals surface area (Å²) in [5.41, 5.74) is 1.68. The van der Waals surface area contributed by atoms with E-state index in [1.54, 1.807) is 29.5 Å². The number of aryl methyl sites for hydroxylation is 1. The maximum absolute atomic E-state index is 9.99. The highest BCUT2D eigenvalue weighted by Crippen LogP contribution is 2.27. The highest BCUT2D eigenvalue weighted by molar-refractivity contribution is 7.16. The zero-order valence-electron chi connectivity index (χ0n) is 12.2. The topological polar surface area (TPSA) is 59.1 Å². The number of nitrogens with zero attached hydrogens (tertiary/aromatic N) is 3. The molecule has 3 aromatic rings. The standard InChI is InChI=1S/C16H15N3O2S/c1-19-12-7-3-4-9-14(12)22-16(19)18-17-10-11-6-5-8-13(21-2)15(11)20/h3-10,20H,1-2H3/b17-10+,18-16?. The number of benzene rings is 2. The lowest BCUT2D eigenvalue weighted by Crippen LogP contribution is -2.08. The Morgan fingerprint density at radius 1 is 1.18 bits per heavy atom. The van der Waals surface area contributed by atoms with E-state index in [2.05, 4.69) is 16.3 Å². The van der Waals surface area contributed by atoms with E-state index in [1.165, 1.54) is 13.3 Å². The summed E-state index contributed by atoms with van der Waals surface area (Å²) in [6.07, 6.45) is 1.52. The van der Waals surface area contributed by atoms with Crippen molar-refractivity contribution in [3.8, 4) is 11.5 Å². The van der Waals surface area contributed by atoms with Crippen LogP contribution in [0.15, 0.2) is 52.7 Å². The van der Waals surface area contributed by atoms with Crippen LogP contribution in [0, 0.1) is 0 Å². The van der Waals surface area contributed by atoms with Gasteiger partial charge < -0.3 is 14.4 Å². The van der Waals surface area contributed by atoms with Crippen LogP contribution >= 0.6 is 11.3 Å². The molecular formula is C16H15N3O2S. The average molecular weight is 313 g/mol. The number of para-hydroxylation sites is 2. The van der Waals surface area contributed by atoms with Crippen LogP contribution in [0.4, 0.5) is 0 Å². The first-order chi connectivity index (χ1) is 10.7. The Morgan fingerprint density at radius 2 is 2.00 bits per heavy atom. The van der Waals surface area contributed by atoms with Crippen molar-refractivity contribution in [2.24, 2.45) is 17.3 Å². The third kappa shape index (κ3) is 2.60. The van der Waals surface area contributed by atoms with Crippen molar-refractivity contribution in [2.75, 3.05) is 7.11 Å². The zero-order chi connectivity index (χ0) is 15.5. The average Bonchev–Trinajstić information content (AvgIpc) is 2.86. The SMILES string of the molecule is COc1cccc(/C=N/N=c2sc3ccccc3n2C)c1O. The Kier molecular flexibility index (Phi) is 3.93. The molecule has 1 N–H and O–H groups in total. The lowest BCUT2D eigenvalue weighted by molar-refractivity contribution is 0.373. The third-order valence-corrected chi connectivity index (χ3v) is 4.41. The summed E-state index contributed by atoms with van der Waals surface area (Å²) in [4.78, 5) is 0.792. The maximum atomic E-state index is 9.99. The van der Waals surface area contributed by atoms with Gasteiger partial charge in [-0.25, -0.2) is 0 Å². The van der Waals surface area contributed by atoms with Gasteiger partial charge in [-0.15, -0.1) is 5.10 Å². The van der Waals surface area contributed by atoms with E-state index in [0.717, 1.165) is 15.0 Å². The van der Waals surface area contributed by atoms with Crippen molar-refractivity contribution in [1.82, 2.24) is 4.57 Å². The molecule has 6 heteroatoms. The van der Waals surface area contributed by atoms with E-state index >= 15 is 0 Å². The molecule has 0 spiro atoms. The first-order valence-corrected chi connectivity index (χ1v) is 7.50. The second-order valence-corrected chi connectivity index (χ2v) is 5.66. The number of fused-ring (bicyclic) bond motifs is 1. The fraction of sp³-hybridized carbons (Fsp3) is 0.125. The van der Waals surface area contributed by atoms with Gasteiger partial charge in [-0.05, 0) is 24.3 Å². The van der Waals surface area contributed by atoms with Crippen molar-refractivity contribution in [3.63, 3.8) is 0 Å². The molecule has 0 unspecified atom stereocenters. The van der Waals surface area contributed by atoms with Gasteiger partial charge in [-0.2, -0.15) is 5.10 Å². The van der Waals surface area contributed by atoms with Crippen molar-refractivity contribution in [2.45, 2.75) is 0 Å². The van der Waals surface area contributed by atoms with E-state index < -0.39 is 0 Å². The van der Waals surface area contributed by atoms with Crippen LogP contribution in [-0.2, 0) is 7.05 Å². The van der Waals surface area contributed by atoms with Crippen LogP contribution in [0.1, 0.15) is 5.56 Å². The van der Waals surface area contributed by atoms with E-state index in [9.17, 15) is 5.11 Å². The predicted octanol–water partition coefficient (Wildman–Crippen LogP) is 2.89. The molecule has 0 amide bonds. The van der Waals surface area contributed by atoms with Gasteiger partial charge in [-0.3, -0.25) is 0 Å². The number of phenols is 1. The summed E-state index contributed by atoms with van der Waals surface area (Å²) < 4.78 is 8.21. The van der Waals surface area contributed by atoms with Crippen LogP contribution in [0.5, 0.6) is 11.5 Å². The molecule has 3 rings (SSSR count). The van der Waals surface area contributed by atoms with Crippen LogP contribution in [0.25, 0.3) is 10.2 Å². The van der Waals surface area contributed by atoms with Crippen LogP contribution in [0.3, 0.4) is 0 Å². The number of hydrogen-bond donors (Lipinski definition) is 1. The number of rotatable bonds is 3. The number of phenolic OH excluding ortho intramolecular Hbond substituents is 1. The largest absolute Gasteiger partial charge is 0.504 e. The Labute approximate surface area is 131 Å². The number of ether oxygens (including phenoxy) is 1. The molecule has 1 heterocycles. The van der Waals surface area contributed by atoms with Crippen LogP contribution < -0.4 is 9.54 Å². The summed E-state index contributed by atoms with van der Waals surface area (Å²) in [7, 11) is 3.47. The second-order valence-electron chi connectivity index (χ2n) is 4.65. The summed E-state index contributed by atoms with van der Waals surface area (Å²) in [6, 6.07) is 13.3. The highest BCUT2D eigenvalue weighted by atomic mass is 32.1. The lowest BCUT2D eigenvalue weighted by Gasteiger charge is -2.04. The summed E-state index contributed by atoms with van der Waals surface area (Å²) >= 11 is 1.57. The molecular weight excluding hydrogens is 298 g/mol. The van der Waals surface area contributed by atoms with E-state index in [1.807, 2.05) is 29.8 Å². The van der Waals surface area contributed by atoms with Gasteiger partial charge in [0.1, 0.15) is 0 Å². The number of thiazole rings is 1. The number of aromatic hydroxyl groups is 1. The molecule has 0 aliphatic heterocycles. The van der Waals surface area contributed by atoms with E-state index in [4.69, 9.17) is 4.74 Å². The van der Waals surface area contributed by atoms with Gasteiger partial charge in [-0.1, -0.05) is 29.5 Å². The molecule has 5 nitrogen and oxygen atoms in total. The van der Waals surface area contributed by atoms with Crippen molar-refractivity contribution < 1.29 is 9.84 Å². The molecule has 0 radical (unpaired) electrons. The van der Waals surface area contributed by atoms with Crippen molar-refractivity contribution in [3.05, 3.63) is 52.8 Å². The van der Waals surface area contributed by atoms with Gasteiger partial charge >= 0.3 is 0 Å². The first-order valence-electron chi connectivity index (χ1n) is 6.68. The smallest absolute Gasteiger partial charge is 0.211 e. The molecule has 2 aromatic carbocycles. The summed E-state index contributed by atoms with van der Waals surface area (Å²) in [5.74, 6) is 0.473. The molecule has 0 saturated heterocycles. The molecule has 22 heavy (non-hydrogen) atoms. The molecule has 0 bridgehead atoms. The van der Waals surface area contributed by atoms with Crippen LogP contribution in [-0.4, -0.2) is 23.0 Å². The molecule has 112 valence electrons. The first kappa shape index (κ1) is 14.3. The quantitative estimate of drug-likeness (QED) is 0.597. The molecule has 0 aliphatic carbocycles. The minimum absolute atomic E-state index is 0.0599. The van der Waals surface area contributed by atoms with Gasteiger partial charge in [0.2, 0.25) is 4.80 Å². The van der Waals surface area contributed by atoms with Gasteiger partial charge in [0.05, 0.1) is 23.5 Å². The number of methoxy groups -OCH3 is 1. The summed E-state index contributed by atoms with van der Waals surface area (Å²) in [5, 5.41) is 18.3. The normalized spacial score (nSPS) is 12.4. The van der Waals surface area contributed by atoms with Gasteiger partial charge in [0.15, 0.2) is 11.5 Å². The number of hydrogen-bond acceptors (Lipinski definition) is 5. The second kappa shape index (κ2) is 6.03. The van der Waals surface area contributed by atoms with Crippen molar-refractivity contribution >= 4 is 27.8 Å². The Balaban J connectivity index is 1.97. The zero-order valence-corrected chi connectivity index (χ0v) is 13.0. The minimum Gasteiger partial charge on any atom is -0.504 e. The molecule has 0 saturated carbocycles. The number of aromatic nitrogens is 1. The highest BCUT2D eigenvalue weighted by Gasteiger charge is 2.04. The van der Waals surface area contributed by atoms with Gasteiger partial charge in [0, 0.05) is 12.6 Å². The Morgan fingerprint density at radius 3 is 2.77 bits per heavy atom. The monoisotopic (exact) mass is 313 g/mol. The summed E-state index contributed by atoms with van der Waals surface area (Å²) in [6.45, 7) is 0. The van der Waals surface area contributed by atoms with E-state index in [0.29, 0.717) is 11.3 Å². The molecule has 0 aliphatic rings. The van der Waals surface area contributed by atoms with Crippen molar-refractivity contribution in [1.29, 1.82) is 0 Å². The van der Waals surface area contributed by atoms with E-state index in [-0.39, 0.29) is 5.75 Å². The molecule has 0 fully saturated rings. The minimum atomic E-state index is 0.0599. The Bertz CT molecular complexity index is 909. The predicted molar refractivity (Wildman–Crippen MR) is 88.6 cm³/mol. The Hall–Kier alpha value is -2.60. The molecule has 1 aromatic heterocycles. The third-order valence-electron chi connectivity index (χ3n) is 3.31. The van der Waals surface area contributed by atoms with Crippen LogP contribution in [0.2, 0.25) is 0 Å². The van der Waals surface area contributed by atoms with Gasteiger partial charge in [0.25, 0.3) is 0 Å².